The van der Waals surface area contributed by atoms with E-state index in [2.05, 4.69) is 88.8 Å². The van der Waals surface area contributed by atoms with E-state index in [-0.39, 0.29) is 0 Å². The van der Waals surface area contributed by atoms with Crippen molar-refractivity contribution in [1.82, 2.24) is 4.57 Å². The van der Waals surface area contributed by atoms with Crippen LogP contribution in [0.25, 0.3) is 0 Å². The molecule has 0 bridgehead atoms. The number of hydrogen-bond donors (Lipinski definition) is 0. The lowest BCUT2D eigenvalue weighted by Gasteiger charge is -2.02. The molecule has 0 aliphatic carbocycles. The third kappa shape index (κ3) is 18.5. The van der Waals surface area contributed by atoms with Crippen molar-refractivity contribution in [3.63, 3.8) is 0 Å². The second-order valence-electron chi connectivity index (χ2n) is 11.3. The Morgan fingerprint density at radius 2 is 1.25 bits per heavy atom. The summed E-state index contributed by atoms with van der Waals surface area (Å²) < 4.78 is 4.44. The number of aromatic nitrogens is 2. The van der Waals surface area contributed by atoms with Crippen LogP contribution in [0.5, 0.6) is 0 Å². The van der Waals surface area contributed by atoms with Crippen LogP contribution in [0.3, 0.4) is 0 Å². The van der Waals surface area contributed by atoms with E-state index in [1.165, 1.54) is 89.0 Å². The number of nitrogens with zero attached hydrogens (tertiary/aromatic N) is 2. The summed E-state index contributed by atoms with van der Waals surface area (Å²) in [7, 11) is 0. The van der Waals surface area contributed by atoms with Crippen LogP contribution < -0.4 is 4.57 Å². The SMILES string of the molecule is CCCCCCCCCCC#CC#CCCCCCCCCC(=O)CCCCn1cc[n+](Cc2ccccc2)c1. The predicted molar refractivity (Wildman–Crippen MR) is 169 cm³/mol. The van der Waals surface area contributed by atoms with Crippen LogP contribution in [0.1, 0.15) is 141 Å². The zero-order valence-corrected chi connectivity index (χ0v) is 25.5. The highest BCUT2D eigenvalue weighted by molar-refractivity contribution is 5.78. The van der Waals surface area contributed by atoms with Gasteiger partial charge in [0.2, 0.25) is 6.33 Å². The van der Waals surface area contributed by atoms with Crippen LogP contribution in [0.15, 0.2) is 49.1 Å². The number of Topliss-reactive ketones (excluding diaryl/α,β-unsaturated/α-hetero) is 1. The molecule has 0 radical (unpaired) electrons. The summed E-state index contributed by atoms with van der Waals surface area (Å²) in [4.78, 5) is 12.2. The quantitative estimate of drug-likeness (QED) is 0.0779. The van der Waals surface area contributed by atoms with Gasteiger partial charge in [-0.1, -0.05) is 120 Å². The van der Waals surface area contributed by atoms with Crippen LogP contribution in [0.4, 0.5) is 0 Å². The van der Waals surface area contributed by atoms with Crippen LogP contribution in [0.2, 0.25) is 0 Å². The molecular weight excluding hydrogens is 488 g/mol. The van der Waals surface area contributed by atoms with E-state index in [0.717, 1.165) is 58.0 Å². The minimum Gasteiger partial charge on any atom is -0.300 e. The number of imidazole rings is 1. The van der Waals surface area contributed by atoms with Gasteiger partial charge in [0.05, 0.1) is 6.54 Å². The van der Waals surface area contributed by atoms with Gasteiger partial charge in [-0.25, -0.2) is 9.13 Å². The van der Waals surface area contributed by atoms with E-state index in [4.69, 9.17) is 0 Å². The first-order chi connectivity index (χ1) is 19.8. The highest BCUT2D eigenvalue weighted by Crippen LogP contribution is 2.11. The maximum atomic E-state index is 12.2. The second kappa shape index (κ2) is 24.1. The van der Waals surface area contributed by atoms with E-state index in [9.17, 15) is 4.79 Å². The van der Waals surface area contributed by atoms with Crippen LogP contribution in [0, 0.1) is 23.7 Å². The molecule has 0 aliphatic rings. The lowest BCUT2D eigenvalue weighted by Crippen LogP contribution is -2.31. The van der Waals surface area contributed by atoms with E-state index < -0.39 is 0 Å². The zero-order valence-electron chi connectivity index (χ0n) is 25.5. The fourth-order valence-electron chi connectivity index (χ4n) is 5.00. The number of rotatable bonds is 23. The van der Waals surface area contributed by atoms with Gasteiger partial charge in [0.1, 0.15) is 24.7 Å². The molecular formula is C37H55N2O+. The van der Waals surface area contributed by atoms with Crippen molar-refractivity contribution in [3.05, 3.63) is 54.6 Å². The Balaban J connectivity index is 1.34. The molecule has 0 N–H and O–H groups in total. The first-order valence-electron chi connectivity index (χ1n) is 16.3. The highest BCUT2D eigenvalue weighted by Gasteiger charge is 2.06. The Hall–Kier alpha value is -2.78. The fourth-order valence-corrected chi connectivity index (χ4v) is 5.00. The zero-order chi connectivity index (χ0) is 28.4. The molecule has 1 aromatic carbocycles. The molecule has 0 saturated carbocycles. The molecule has 0 amide bonds. The van der Waals surface area contributed by atoms with Gasteiger partial charge in [-0.15, -0.1) is 0 Å². The standard InChI is InChI=1S/C37H55N2O/c1-2-3-4-5-6-7-8-9-10-11-12-13-14-15-16-17-18-19-20-24-29-37(40)30-25-26-31-38-32-33-39(35-38)34-36-27-22-21-23-28-36/h21-23,27-28,32-33,35H,2-10,15-20,24-26,29-31,34H2,1H3/q+1. The van der Waals surface area contributed by atoms with E-state index in [0.29, 0.717) is 5.78 Å². The average Bonchev–Trinajstić information content (AvgIpc) is 3.41. The Bertz CT molecular complexity index is 1010. The Morgan fingerprint density at radius 1 is 0.700 bits per heavy atom. The van der Waals surface area contributed by atoms with Crippen molar-refractivity contribution in [1.29, 1.82) is 0 Å². The number of hydrogen-bond acceptors (Lipinski definition) is 1. The summed E-state index contributed by atoms with van der Waals surface area (Å²) in [6.07, 6.45) is 29.8. The number of carbonyl (C=O) groups is 1. The molecule has 2 rings (SSSR count). The minimum atomic E-state index is 0.436. The van der Waals surface area contributed by atoms with Gasteiger partial charge in [0.15, 0.2) is 0 Å². The number of benzene rings is 1. The number of aryl methyl sites for hydroxylation is 1. The van der Waals surface area contributed by atoms with Gasteiger partial charge >= 0.3 is 0 Å². The summed E-state index contributed by atoms with van der Waals surface area (Å²) >= 11 is 0. The Labute approximate surface area is 246 Å². The number of ketones is 1. The molecule has 40 heavy (non-hydrogen) atoms. The fraction of sp³-hybridized carbons (Fsp3) is 0.622. The second-order valence-corrected chi connectivity index (χ2v) is 11.3. The maximum absolute atomic E-state index is 12.2. The topological polar surface area (TPSA) is 25.9 Å². The molecule has 0 spiro atoms. The summed E-state index contributed by atoms with van der Waals surface area (Å²) in [5, 5.41) is 0. The van der Waals surface area contributed by atoms with Crippen molar-refractivity contribution >= 4 is 5.78 Å². The van der Waals surface area contributed by atoms with Gasteiger partial charge in [-0.3, -0.25) is 4.79 Å². The predicted octanol–water partition coefficient (Wildman–Crippen LogP) is 9.22. The van der Waals surface area contributed by atoms with Gasteiger partial charge in [-0.2, -0.15) is 0 Å². The largest absolute Gasteiger partial charge is 0.300 e. The summed E-state index contributed by atoms with van der Waals surface area (Å²) in [5.74, 6) is 12.9. The maximum Gasteiger partial charge on any atom is 0.244 e. The molecule has 1 aromatic heterocycles. The third-order valence-corrected chi connectivity index (χ3v) is 7.48. The number of carbonyl (C=O) groups excluding carboxylic acids is 1. The van der Waals surface area contributed by atoms with Crippen molar-refractivity contribution in [3.8, 4) is 23.7 Å². The monoisotopic (exact) mass is 543 g/mol. The van der Waals surface area contributed by atoms with Crippen LogP contribution in [-0.2, 0) is 17.9 Å². The summed E-state index contributed by atoms with van der Waals surface area (Å²) in [6.45, 7) is 4.15. The molecule has 0 unspecified atom stereocenters. The molecule has 3 heteroatoms. The summed E-state index contributed by atoms with van der Waals surface area (Å²) in [5.41, 5.74) is 1.31. The van der Waals surface area contributed by atoms with Gasteiger partial charge in [0, 0.05) is 25.7 Å². The lowest BCUT2D eigenvalue weighted by molar-refractivity contribution is -0.687. The van der Waals surface area contributed by atoms with Crippen LogP contribution in [-0.4, -0.2) is 10.4 Å². The van der Waals surface area contributed by atoms with E-state index in [1.807, 2.05) is 0 Å². The molecule has 0 saturated heterocycles. The molecule has 2 aromatic rings. The van der Waals surface area contributed by atoms with Crippen molar-refractivity contribution in [2.24, 2.45) is 0 Å². The highest BCUT2D eigenvalue weighted by atomic mass is 16.1. The first-order valence-corrected chi connectivity index (χ1v) is 16.3. The minimum absolute atomic E-state index is 0.436. The smallest absolute Gasteiger partial charge is 0.244 e. The first kappa shape index (κ1) is 33.4. The van der Waals surface area contributed by atoms with Crippen molar-refractivity contribution < 1.29 is 9.36 Å². The Morgan fingerprint density at radius 3 is 1.88 bits per heavy atom. The van der Waals surface area contributed by atoms with Gasteiger partial charge < -0.3 is 0 Å². The molecule has 0 atom stereocenters. The third-order valence-electron chi connectivity index (χ3n) is 7.48. The van der Waals surface area contributed by atoms with E-state index >= 15 is 0 Å². The van der Waals surface area contributed by atoms with E-state index in [1.54, 1.807) is 0 Å². The van der Waals surface area contributed by atoms with Gasteiger partial charge in [0.25, 0.3) is 0 Å². The molecule has 0 fully saturated rings. The Kier molecular flexibility index (Phi) is 20.1. The lowest BCUT2D eigenvalue weighted by atomic mass is 10.0. The molecule has 3 nitrogen and oxygen atoms in total. The van der Waals surface area contributed by atoms with Gasteiger partial charge in [-0.05, 0) is 49.5 Å². The molecule has 218 valence electrons. The normalized spacial score (nSPS) is 10.5. The van der Waals surface area contributed by atoms with Crippen molar-refractivity contribution in [2.75, 3.05) is 0 Å². The molecule has 1 heterocycles. The van der Waals surface area contributed by atoms with Crippen LogP contribution >= 0.6 is 0 Å². The molecule has 0 aliphatic heterocycles. The summed E-state index contributed by atoms with van der Waals surface area (Å²) in [6, 6.07) is 10.5. The van der Waals surface area contributed by atoms with Crippen molar-refractivity contribution in [2.45, 2.75) is 148 Å². The average molecular weight is 544 g/mol. The number of unbranched alkanes of at least 4 members (excludes halogenated alkanes) is 15.